The van der Waals surface area contributed by atoms with Crippen LogP contribution in [0.1, 0.15) is 0 Å². The second-order valence-corrected chi connectivity index (χ2v) is 4.89. The molecular weight excluding hydrogens is 338 g/mol. The van der Waals surface area contributed by atoms with Crippen LogP contribution in [0.4, 0.5) is 0 Å². The summed E-state index contributed by atoms with van der Waals surface area (Å²) in [5.41, 5.74) is 0.810. The van der Waals surface area contributed by atoms with E-state index in [2.05, 4.69) is 27.7 Å². The lowest BCUT2D eigenvalue weighted by Gasteiger charge is -1.92. The summed E-state index contributed by atoms with van der Waals surface area (Å²) in [6.07, 6.45) is 1.86. The highest BCUT2D eigenvalue weighted by Crippen LogP contribution is 2.24. The van der Waals surface area contributed by atoms with Crippen LogP contribution in [0.2, 0.25) is 5.02 Å². The summed E-state index contributed by atoms with van der Waals surface area (Å²) < 4.78 is 8.29. The van der Waals surface area contributed by atoms with Crippen molar-refractivity contribution in [2.75, 3.05) is 0 Å². The Morgan fingerprint density at radius 2 is 2.12 bits per heavy atom. The van der Waals surface area contributed by atoms with E-state index in [9.17, 15) is 0 Å². The maximum absolute atomic E-state index is 5.91. The van der Waals surface area contributed by atoms with Crippen molar-refractivity contribution in [1.29, 1.82) is 0 Å². The van der Waals surface area contributed by atoms with Gasteiger partial charge < -0.3 is 4.42 Å². The quantitative estimate of drug-likeness (QED) is 0.627. The molecule has 5 heteroatoms. The van der Waals surface area contributed by atoms with Gasteiger partial charge in [0.1, 0.15) is 9.28 Å². The molecule has 2 heterocycles. The van der Waals surface area contributed by atoms with Gasteiger partial charge in [0.15, 0.2) is 0 Å². The molecule has 0 radical (unpaired) electrons. The molecule has 3 rings (SSSR count). The Balaban J connectivity index is 2.18. The Labute approximate surface area is 110 Å². The van der Waals surface area contributed by atoms with Crippen LogP contribution >= 0.6 is 34.2 Å². The zero-order valence-electron chi connectivity index (χ0n) is 8.02. The number of hydrogen-bond acceptors (Lipinski definition) is 2. The second-order valence-electron chi connectivity index (χ2n) is 3.35. The van der Waals surface area contributed by atoms with E-state index in [0.717, 1.165) is 14.7 Å². The van der Waals surface area contributed by atoms with Crippen LogP contribution in [-0.4, -0.2) is 9.78 Å². The van der Waals surface area contributed by atoms with Crippen molar-refractivity contribution in [3.63, 3.8) is 0 Å². The van der Waals surface area contributed by atoms with E-state index in [1.54, 1.807) is 4.68 Å². The molecule has 0 amide bonds. The molecule has 1 aromatic carbocycles. The largest absolute Gasteiger partial charge is 0.438 e. The SMILES string of the molecule is Clc1ccc2oc(-n3ccc(I)n3)cc2c1. The highest BCUT2D eigenvalue weighted by Gasteiger charge is 2.06. The average molecular weight is 345 g/mol. The first-order chi connectivity index (χ1) is 7.72. The molecule has 0 unspecified atom stereocenters. The number of halogens is 2. The summed E-state index contributed by atoms with van der Waals surface area (Å²) in [6.45, 7) is 0. The Hall–Kier alpha value is -1.01. The summed E-state index contributed by atoms with van der Waals surface area (Å²) in [5, 5.41) is 5.96. The fourth-order valence-electron chi connectivity index (χ4n) is 1.54. The lowest BCUT2D eigenvalue weighted by Crippen LogP contribution is -1.91. The Kier molecular flexibility index (Phi) is 2.40. The van der Waals surface area contributed by atoms with Crippen LogP contribution in [0.25, 0.3) is 16.9 Å². The minimum atomic E-state index is 0.695. The van der Waals surface area contributed by atoms with Crippen LogP contribution < -0.4 is 0 Å². The predicted molar refractivity (Wildman–Crippen MR) is 71.1 cm³/mol. The average Bonchev–Trinajstić information content (AvgIpc) is 2.83. The van der Waals surface area contributed by atoms with Crippen molar-refractivity contribution in [1.82, 2.24) is 9.78 Å². The molecule has 0 N–H and O–H groups in total. The third-order valence-corrected chi connectivity index (χ3v) is 3.06. The van der Waals surface area contributed by atoms with Gasteiger partial charge in [0.25, 0.3) is 0 Å². The van der Waals surface area contributed by atoms with Gasteiger partial charge in [-0.2, -0.15) is 5.10 Å². The Morgan fingerprint density at radius 3 is 2.88 bits per heavy atom. The number of hydrogen-bond donors (Lipinski definition) is 0. The van der Waals surface area contributed by atoms with Gasteiger partial charge in [-0.1, -0.05) is 11.6 Å². The summed E-state index contributed by atoms with van der Waals surface area (Å²) in [6, 6.07) is 9.38. The fourth-order valence-corrected chi connectivity index (χ4v) is 2.11. The lowest BCUT2D eigenvalue weighted by molar-refractivity contribution is 0.558. The molecule has 2 aromatic heterocycles. The predicted octanol–water partition coefficient (Wildman–Crippen LogP) is 3.88. The molecule has 0 aliphatic heterocycles. The summed E-state index contributed by atoms with van der Waals surface area (Å²) in [7, 11) is 0. The number of aromatic nitrogens is 2. The number of benzene rings is 1. The molecule has 0 bridgehead atoms. The van der Waals surface area contributed by atoms with Crippen molar-refractivity contribution < 1.29 is 4.42 Å². The summed E-state index contributed by atoms with van der Waals surface area (Å²) in [5.74, 6) is 0.695. The van der Waals surface area contributed by atoms with Gasteiger partial charge in [-0.05, 0) is 46.9 Å². The third kappa shape index (κ3) is 1.72. The maximum Gasteiger partial charge on any atom is 0.221 e. The zero-order valence-corrected chi connectivity index (χ0v) is 10.9. The van der Waals surface area contributed by atoms with Gasteiger partial charge in [0.05, 0.1) is 0 Å². The van der Waals surface area contributed by atoms with E-state index in [0.29, 0.717) is 10.9 Å². The van der Waals surface area contributed by atoms with Crippen LogP contribution in [-0.2, 0) is 0 Å². The molecule has 3 aromatic rings. The van der Waals surface area contributed by atoms with Gasteiger partial charge in [0.2, 0.25) is 5.88 Å². The van der Waals surface area contributed by atoms with Crippen LogP contribution in [0.15, 0.2) is 40.9 Å². The van der Waals surface area contributed by atoms with Crippen LogP contribution in [0, 0.1) is 3.70 Å². The monoisotopic (exact) mass is 344 g/mol. The van der Waals surface area contributed by atoms with Crippen molar-refractivity contribution in [2.24, 2.45) is 0 Å². The first-order valence-electron chi connectivity index (χ1n) is 4.63. The highest BCUT2D eigenvalue weighted by atomic mass is 127. The van der Waals surface area contributed by atoms with Crippen LogP contribution in [0.5, 0.6) is 0 Å². The van der Waals surface area contributed by atoms with Gasteiger partial charge in [-0.3, -0.25) is 0 Å². The normalized spacial score (nSPS) is 11.1. The van der Waals surface area contributed by atoms with E-state index in [4.69, 9.17) is 16.0 Å². The van der Waals surface area contributed by atoms with Gasteiger partial charge in [0, 0.05) is 22.7 Å². The van der Waals surface area contributed by atoms with Crippen molar-refractivity contribution in [3.05, 3.63) is 45.3 Å². The second kappa shape index (κ2) is 3.78. The fraction of sp³-hybridized carbons (Fsp3) is 0. The highest BCUT2D eigenvalue weighted by molar-refractivity contribution is 14.1. The van der Waals surface area contributed by atoms with E-state index in [1.165, 1.54) is 0 Å². The van der Waals surface area contributed by atoms with Crippen molar-refractivity contribution in [3.8, 4) is 5.88 Å². The minimum absolute atomic E-state index is 0.695. The number of rotatable bonds is 1. The first-order valence-corrected chi connectivity index (χ1v) is 6.09. The molecule has 3 nitrogen and oxygen atoms in total. The zero-order chi connectivity index (χ0) is 11.1. The van der Waals surface area contributed by atoms with Gasteiger partial charge in [-0.15, -0.1) is 0 Å². The molecule has 0 saturated heterocycles. The molecule has 80 valence electrons. The van der Waals surface area contributed by atoms with Crippen molar-refractivity contribution in [2.45, 2.75) is 0 Å². The minimum Gasteiger partial charge on any atom is -0.438 e. The number of furan rings is 1. The van der Waals surface area contributed by atoms with Gasteiger partial charge >= 0.3 is 0 Å². The third-order valence-electron chi connectivity index (χ3n) is 2.25. The smallest absolute Gasteiger partial charge is 0.221 e. The number of nitrogens with zero attached hydrogens (tertiary/aromatic N) is 2. The summed E-state index contributed by atoms with van der Waals surface area (Å²) in [4.78, 5) is 0. The Morgan fingerprint density at radius 1 is 1.25 bits per heavy atom. The standard InChI is InChI=1S/C11H6ClIN2O/c12-8-1-2-9-7(5-8)6-11(16-9)15-4-3-10(13)14-15/h1-6H. The molecule has 0 saturated carbocycles. The van der Waals surface area contributed by atoms with E-state index in [1.807, 2.05) is 36.5 Å². The number of fused-ring (bicyclic) bond motifs is 1. The van der Waals surface area contributed by atoms with E-state index in [-0.39, 0.29) is 0 Å². The topological polar surface area (TPSA) is 31.0 Å². The van der Waals surface area contributed by atoms with Crippen LogP contribution in [0.3, 0.4) is 0 Å². The maximum atomic E-state index is 5.91. The van der Waals surface area contributed by atoms with Crippen molar-refractivity contribution >= 4 is 45.2 Å². The lowest BCUT2D eigenvalue weighted by atomic mass is 10.2. The van der Waals surface area contributed by atoms with E-state index >= 15 is 0 Å². The molecular formula is C11H6ClIN2O. The first kappa shape index (κ1) is 10.2. The van der Waals surface area contributed by atoms with Gasteiger partial charge in [-0.25, -0.2) is 4.68 Å². The molecule has 0 spiro atoms. The summed E-state index contributed by atoms with van der Waals surface area (Å²) >= 11 is 8.07. The molecule has 0 aliphatic carbocycles. The molecule has 0 aliphatic rings. The molecule has 16 heavy (non-hydrogen) atoms. The molecule has 0 atom stereocenters. The molecule has 0 fully saturated rings. The Bertz CT molecular complexity index is 659. The van der Waals surface area contributed by atoms with E-state index < -0.39 is 0 Å².